The standard InChI is InChI=1S/C16H21N2O7P/c19-14(10-26(23,24)25)17-12(9-11-5-2-1-3-6-11)15(20)18-8-4-7-13(18)16(21)22/h1-3,5-6,12-13H,4,7-10H2,(H,17,19)(H,21,22)(H2,23,24,25)/t12-,13-/m0/s1. The van der Waals surface area contributed by atoms with Crippen molar-refractivity contribution in [1.82, 2.24) is 10.2 Å². The molecule has 0 spiro atoms. The molecule has 1 aromatic carbocycles. The number of benzene rings is 1. The Hall–Kier alpha value is -2.22. The lowest BCUT2D eigenvalue weighted by atomic mass is 10.0. The topological polar surface area (TPSA) is 144 Å². The van der Waals surface area contributed by atoms with E-state index in [1.165, 1.54) is 4.90 Å². The summed E-state index contributed by atoms with van der Waals surface area (Å²) < 4.78 is 11.0. The highest BCUT2D eigenvalue weighted by Crippen LogP contribution is 2.33. The van der Waals surface area contributed by atoms with E-state index in [0.29, 0.717) is 12.8 Å². The second kappa shape index (κ2) is 8.44. The summed E-state index contributed by atoms with van der Waals surface area (Å²) in [6, 6.07) is 6.72. The number of rotatable bonds is 7. The van der Waals surface area contributed by atoms with E-state index in [9.17, 15) is 24.1 Å². The van der Waals surface area contributed by atoms with E-state index in [1.54, 1.807) is 30.3 Å². The Bertz CT molecular complexity index is 719. The first-order valence-electron chi connectivity index (χ1n) is 8.08. The molecular weight excluding hydrogens is 363 g/mol. The van der Waals surface area contributed by atoms with Gasteiger partial charge in [0, 0.05) is 13.0 Å². The highest BCUT2D eigenvalue weighted by atomic mass is 31.2. The van der Waals surface area contributed by atoms with E-state index in [2.05, 4.69) is 5.32 Å². The minimum atomic E-state index is -4.57. The van der Waals surface area contributed by atoms with Crippen molar-refractivity contribution in [2.75, 3.05) is 12.7 Å². The Balaban J connectivity index is 2.19. The van der Waals surface area contributed by atoms with Crippen LogP contribution in [0.4, 0.5) is 0 Å². The van der Waals surface area contributed by atoms with Crippen LogP contribution in [0.3, 0.4) is 0 Å². The lowest BCUT2D eigenvalue weighted by Crippen LogP contribution is -2.53. The molecule has 2 rings (SSSR count). The molecular formula is C16H21N2O7P. The van der Waals surface area contributed by atoms with Crippen LogP contribution in [0.2, 0.25) is 0 Å². The zero-order valence-electron chi connectivity index (χ0n) is 13.9. The first kappa shape index (κ1) is 20.1. The van der Waals surface area contributed by atoms with Gasteiger partial charge in [-0.05, 0) is 18.4 Å². The lowest BCUT2D eigenvalue weighted by molar-refractivity contribution is -0.149. The quantitative estimate of drug-likeness (QED) is 0.483. The van der Waals surface area contributed by atoms with E-state index < -0.39 is 43.6 Å². The first-order valence-corrected chi connectivity index (χ1v) is 9.88. The summed E-state index contributed by atoms with van der Waals surface area (Å²) in [7, 11) is -4.57. The maximum atomic E-state index is 12.8. The molecule has 1 saturated heterocycles. The summed E-state index contributed by atoms with van der Waals surface area (Å²) in [6.07, 6.45) is -0.0733. The van der Waals surface area contributed by atoms with Gasteiger partial charge in [-0.15, -0.1) is 0 Å². The van der Waals surface area contributed by atoms with Gasteiger partial charge < -0.3 is 25.1 Å². The minimum absolute atomic E-state index is 0.0927. The fourth-order valence-corrected chi connectivity index (χ4v) is 3.43. The second-order valence-electron chi connectivity index (χ2n) is 6.16. The molecule has 1 heterocycles. The molecule has 9 nitrogen and oxygen atoms in total. The molecule has 0 saturated carbocycles. The van der Waals surface area contributed by atoms with Gasteiger partial charge in [-0.25, -0.2) is 4.79 Å². The number of nitrogens with zero attached hydrogens (tertiary/aromatic N) is 1. The summed E-state index contributed by atoms with van der Waals surface area (Å²) in [5, 5.41) is 11.6. The van der Waals surface area contributed by atoms with Gasteiger partial charge in [0.25, 0.3) is 0 Å². The molecule has 1 aromatic rings. The van der Waals surface area contributed by atoms with Gasteiger partial charge in [0.1, 0.15) is 18.2 Å². The fourth-order valence-electron chi connectivity index (χ4n) is 2.96. The number of nitrogens with one attached hydrogen (secondary N) is 1. The van der Waals surface area contributed by atoms with Gasteiger partial charge in [-0.1, -0.05) is 30.3 Å². The monoisotopic (exact) mass is 384 g/mol. The van der Waals surface area contributed by atoms with Crippen LogP contribution in [0.1, 0.15) is 18.4 Å². The van der Waals surface area contributed by atoms with Crippen molar-refractivity contribution in [3.05, 3.63) is 35.9 Å². The minimum Gasteiger partial charge on any atom is -0.480 e. The number of carboxylic acids is 1. The number of carbonyl (C=O) groups excluding carboxylic acids is 2. The average Bonchev–Trinajstić information content (AvgIpc) is 3.02. The van der Waals surface area contributed by atoms with Crippen LogP contribution in [-0.4, -0.2) is 62.4 Å². The SMILES string of the molecule is O=C(CP(=O)(O)O)N[C@@H](Cc1ccccc1)C(=O)N1CCC[C@H]1C(=O)O. The molecule has 10 heteroatoms. The molecule has 2 amide bonds. The third-order valence-electron chi connectivity index (χ3n) is 4.09. The van der Waals surface area contributed by atoms with Gasteiger partial charge in [0.2, 0.25) is 11.8 Å². The van der Waals surface area contributed by atoms with Crippen molar-refractivity contribution >= 4 is 25.4 Å². The zero-order chi connectivity index (χ0) is 19.3. The van der Waals surface area contributed by atoms with Gasteiger partial charge in [-0.2, -0.15) is 0 Å². The number of carboxylic acid groups (broad SMARTS) is 1. The van der Waals surface area contributed by atoms with E-state index in [4.69, 9.17) is 9.79 Å². The van der Waals surface area contributed by atoms with E-state index in [0.717, 1.165) is 5.56 Å². The average molecular weight is 384 g/mol. The summed E-state index contributed by atoms with van der Waals surface area (Å²) in [5.41, 5.74) is 0.730. The smallest absolute Gasteiger partial charge is 0.334 e. The van der Waals surface area contributed by atoms with Crippen LogP contribution >= 0.6 is 7.60 Å². The summed E-state index contributed by atoms with van der Waals surface area (Å²) in [4.78, 5) is 55.1. The van der Waals surface area contributed by atoms with Crippen molar-refractivity contribution in [3.63, 3.8) is 0 Å². The Morgan fingerprint density at radius 3 is 2.46 bits per heavy atom. The highest BCUT2D eigenvalue weighted by Gasteiger charge is 2.38. The molecule has 1 aliphatic rings. The van der Waals surface area contributed by atoms with Gasteiger partial charge >= 0.3 is 13.6 Å². The maximum Gasteiger partial charge on any atom is 0.334 e. The number of hydrogen-bond acceptors (Lipinski definition) is 4. The Morgan fingerprint density at radius 2 is 1.88 bits per heavy atom. The third-order valence-corrected chi connectivity index (χ3v) is 4.79. The second-order valence-corrected chi connectivity index (χ2v) is 7.81. The Labute approximate surface area is 150 Å². The Morgan fingerprint density at radius 1 is 1.23 bits per heavy atom. The summed E-state index contributed by atoms with van der Waals surface area (Å²) in [5.74, 6) is -2.65. The number of likely N-dealkylation sites (tertiary alicyclic amines) is 1. The Kier molecular flexibility index (Phi) is 6.52. The third kappa shape index (κ3) is 5.66. The fraction of sp³-hybridized carbons (Fsp3) is 0.438. The lowest BCUT2D eigenvalue weighted by Gasteiger charge is -2.27. The van der Waals surface area contributed by atoms with E-state index in [-0.39, 0.29) is 13.0 Å². The van der Waals surface area contributed by atoms with Crippen LogP contribution in [0.15, 0.2) is 30.3 Å². The largest absolute Gasteiger partial charge is 0.480 e. The molecule has 0 aliphatic carbocycles. The summed E-state index contributed by atoms with van der Waals surface area (Å²) in [6.45, 7) is 0.259. The molecule has 0 unspecified atom stereocenters. The predicted molar refractivity (Wildman–Crippen MR) is 91.4 cm³/mol. The predicted octanol–water partition coefficient (Wildman–Crippen LogP) is -0.0328. The van der Waals surface area contributed by atoms with Crippen LogP contribution in [-0.2, 0) is 25.4 Å². The molecule has 1 aliphatic heterocycles. The van der Waals surface area contributed by atoms with Crippen LogP contribution in [0, 0.1) is 0 Å². The van der Waals surface area contributed by atoms with Gasteiger partial charge in [-0.3, -0.25) is 14.2 Å². The molecule has 2 atom stereocenters. The molecule has 4 N–H and O–H groups in total. The number of hydrogen-bond donors (Lipinski definition) is 4. The number of amides is 2. The number of aliphatic carboxylic acids is 1. The van der Waals surface area contributed by atoms with Crippen molar-refractivity contribution in [2.45, 2.75) is 31.3 Å². The van der Waals surface area contributed by atoms with E-state index in [1.807, 2.05) is 0 Å². The highest BCUT2D eigenvalue weighted by molar-refractivity contribution is 7.52. The van der Waals surface area contributed by atoms with Crippen LogP contribution in [0.5, 0.6) is 0 Å². The van der Waals surface area contributed by atoms with Gasteiger partial charge in [0.15, 0.2) is 0 Å². The first-order chi connectivity index (χ1) is 12.2. The molecule has 0 aromatic heterocycles. The van der Waals surface area contributed by atoms with Crippen molar-refractivity contribution in [1.29, 1.82) is 0 Å². The normalized spacial score (nSPS) is 18.4. The summed E-state index contributed by atoms with van der Waals surface area (Å²) >= 11 is 0. The van der Waals surface area contributed by atoms with Crippen molar-refractivity contribution in [3.8, 4) is 0 Å². The molecule has 0 radical (unpaired) electrons. The molecule has 0 bridgehead atoms. The van der Waals surface area contributed by atoms with E-state index >= 15 is 0 Å². The van der Waals surface area contributed by atoms with Crippen molar-refractivity contribution < 1.29 is 33.8 Å². The number of carbonyl (C=O) groups is 3. The zero-order valence-corrected chi connectivity index (χ0v) is 14.8. The van der Waals surface area contributed by atoms with Crippen molar-refractivity contribution in [2.24, 2.45) is 0 Å². The molecule has 142 valence electrons. The van der Waals surface area contributed by atoms with Crippen LogP contribution < -0.4 is 5.32 Å². The molecule has 26 heavy (non-hydrogen) atoms. The molecule has 1 fully saturated rings. The maximum absolute atomic E-state index is 12.8. The van der Waals surface area contributed by atoms with Gasteiger partial charge in [0.05, 0.1) is 0 Å². The van der Waals surface area contributed by atoms with Crippen LogP contribution in [0.25, 0.3) is 0 Å².